The van der Waals surface area contributed by atoms with Crippen molar-refractivity contribution >= 4 is 26.5 Å². The molecular weight excluding hydrogens is 329 g/mol. The van der Waals surface area contributed by atoms with E-state index in [9.17, 15) is 5.11 Å². The van der Waals surface area contributed by atoms with E-state index >= 15 is 0 Å². The Morgan fingerprint density at radius 3 is 1.14 bits per heavy atom. The summed E-state index contributed by atoms with van der Waals surface area (Å²) >= 11 is -2.82. The van der Waals surface area contributed by atoms with Crippen molar-refractivity contribution in [2.24, 2.45) is 0 Å². The zero-order chi connectivity index (χ0) is 15.3. The van der Waals surface area contributed by atoms with E-state index in [2.05, 4.69) is 91.0 Å². The molecule has 0 radical (unpaired) electrons. The monoisotopic (exact) mass is 350 g/mol. The van der Waals surface area contributed by atoms with Gasteiger partial charge in [0.1, 0.15) is 0 Å². The first-order valence-corrected chi connectivity index (χ1v) is 12.3. The molecule has 22 heavy (non-hydrogen) atoms. The average Bonchev–Trinajstić information content (AvgIpc) is 2.62. The third kappa shape index (κ3) is 2.74. The standard InChI is InChI=1S/C20H20GeO/c22-17-16-21(18-10-4-1-5-11-18,19-12-6-2-7-13-19)20-14-8-3-9-15-20/h1-15,22H,16-17H2. The van der Waals surface area contributed by atoms with Gasteiger partial charge in [0.15, 0.2) is 0 Å². The fourth-order valence-electron chi connectivity index (χ4n) is 3.27. The molecule has 0 aliphatic carbocycles. The van der Waals surface area contributed by atoms with Gasteiger partial charge in [-0.2, -0.15) is 0 Å². The van der Waals surface area contributed by atoms with Gasteiger partial charge in [-0.25, -0.2) is 0 Å². The molecule has 0 aliphatic rings. The van der Waals surface area contributed by atoms with Crippen LogP contribution in [0, 0.1) is 0 Å². The van der Waals surface area contributed by atoms with Crippen LogP contribution < -0.4 is 13.2 Å². The van der Waals surface area contributed by atoms with Crippen molar-refractivity contribution in [1.29, 1.82) is 0 Å². The third-order valence-electron chi connectivity index (χ3n) is 4.29. The minimum absolute atomic E-state index is 0.221. The second kappa shape index (κ2) is 6.95. The zero-order valence-electron chi connectivity index (χ0n) is 12.5. The van der Waals surface area contributed by atoms with Gasteiger partial charge in [-0.1, -0.05) is 0 Å². The van der Waals surface area contributed by atoms with Gasteiger partial charge >= 0.3 is 134 Å². The Morgan fingerprint density at radius 2 is 0.864 bits per heavy atom. The van der Waals surface area contributed by atoms with Crippen LogP contribution in [0.2, 0.25) is 5.25 Å². The Bertz CT molecular complexity index is 599. The summed E-state index contributed by atoms with van der Waals surface area (Å²) in [5, 5.41) is 10.7. The first kappa shape index (κ1) is 15.1. The fourth-order valence-corrected chi connectivity index (χ4v) is 12.7. The molecule has 0 aromatic heterocycles. The molecule has 3 aromatic carbocycles. The number of rotatable bonds is 5. The second-order valence-corrected chi connectivity index (χ2v) is 14.0. The Kier molecular flexibility index (Phi) is 4.76. The summed E-state index contributed by atoms with van der Waals surface area (Å²) in [6.45, 7) is 0.221. The van der Waals surface area contributed by atoms with Crippen molar-refractivity contribution in [1.82, 2.24) is 0 Å². The average molecular weight is 349 g/mol. The maximum absolute atomic E-state index is 9.83. The van der Waals surface area contributed by atoms with Crippen LogP contribution in [0.4, 0.5) is 0 Å². The first-order chi connectivity index (χ1) is 10.9. The van der Waals surface area contributed by atoms with Crippen LogP contribution in [0.1, 0.15) is 0 Å². The van der Waals surface area contributed by atoms with E-state index < -0.39 is 13.3 Å². The summed E-state index contributed by atoms with van der Waals surface area (Å²) in [6, 6.07) is 32.2. The van der Waals surface area contributed by atoms with Gasteiger partial charge in [0, 0.05) is 0 Å². The van der Waals surface area contributed by atoms with Gasteiger partial charge < -0.3 is 0 Å². The Labute approximate surface area is 134 Å². The molecule has 1 nitrogen and oxygen atoms in total. The molecule has 2 heteroatoms. The minimum atomic E-state index is -2.82. The van der Waals surface area contributed by atoms with Crippen molar-refractivity contribution in [2.75, 3.05) is 6.61 Å². The number of hydrogen-bond donors (Lipinski definition) is 1. The molecule has 0 fully saturated rings. The zero-order valence-corrected chi connectivity index (χ0v) is 14.6. The molecule has 110 valence electrons. The Balaban J connectivity index is 2.29. The normalized spacial score (nSPS) is 11.3. The van der Waals surface area contributed by atoms with E-state index in [-0.39, 0.29) is 6.61 Å². The van der Waals surface area contributed by atoms with E-state index in [0.717, 1.165) is 5.25 Å². The molecule has 0 atom stereocenters. The molecule has 0 saturated heterocycles. The van der Waals surface area contributed by atoms with Crippen molar-refractivity contribution in [3.63, 3.8) is 0 Å². The summed E-state index contributed by atoms with van der Waals surface area (Å²) < 4.78 is 4.19. The maximum atomic E-state index is 9.83. The molecular formula is C20H20GeO. The molecule has 0 spiro atoms. The van der Waals surface area contributed by atoms with Crippen LogP contribution in [-0.4, -0.2) is 25.0 Å². The quantitative estimate of drug-likeness (QED) is 0.700. The predicted octanol–water partition coefficient (Wildman–Crippen LogP) is 2.15. The Hall–Kier alpha value is -1.84. The van der Waals surface area contributed by atoms with Gasteiger partial charge in [-0.3, -0.25) is 0 Å². The molecule has 0 bridgehead atoms. The summed E-state index contributed by atoms with van der Waals surface area (Å²) in [5.41, 5.74) is 0. The van der Waals surface area contributed by atoms with Crippen LogP contribution >= 0.6 is 0 Å². The summed E-state index contributed by atoms with van der Waals surface area (Å²) in [5.74, 6) is 0. The van der Waals surface area contributed by atoms with Crippen molar-refractivity contribution in [2.45, 2.75) is 5.25 Å². The van der Waals surface area contributed by atoms with Gasteiger partial charge in [-0.05, 0) is 0 Å². The van der Waals surface area contributed by atoms with Crippen LogP contribution in [0.25, 0.3) is 0 Å². The topological polar surface area (TPSA) is 20.2 Å². The second-order valence-electron chi connectivity index (χ2n) is 5.48. The number of benzene rings is 3. The van der Waals surface area contributed by atoms with Gasteiger partial charge in [0.2, 0.25) is 0 Å². The SMILES string of the molecule is OC[CH2][Ge]([c]1ccccc1)([c]1ccccc1)[c]1ccccc1. The molecule has 0 aliphatic heterocycles. The number of aliphatic hydroxyl groups is 1. The molecule has 3 aromatic rings. The van der Waals surface area contributed by atoms with Gasteiger partial charge in [0.05, 0.1) is 0 Å². The molecule has 1 N–H and O–H groups in total. The molecule has 3 rings (SSSR count). The number of aliphatic hydroxyl groups excluding tert-OH is 1. The number of hydrogen-bond acceptors (Lipinski definition) is 1. The Morgan fingerprint density at radius 1 is 0.545 bits per heavy atom. The van der Waals surface area contributed by atoms with E-state index in [1.165, 1.54) is 13.2 Å². The predicted molar refractivity (Wildman–Crippen MR) is 95.9 cm³/mol. The van der Waals surface area contributed by atoms with Crippen molar-refractivity contribution in [3.8, 4) is 0 Å². The summed E-state index contributed by atoms with van der Waals surface area (Å²) in [4.78, 5) is 0. The summed E-state index contributed by atoms with van der Waals surface area (Å²) in [7, 11) is 0. The van der Waals surface area contributed by atoms with E-state index in [0.29, 0.717) is 0 Å². The van der Waals surface area contributed by atoms with Crippen LogP contribution in [0.3, 0.4) is 0 Å². The van der Waals surface area contributed by atoms with Crippen molar-refractivity contribution in [3.05, 3.63) is 91.0 Å². The fraction of sp³-hybridized carbons (Fsp3) is 0.100. The summed E-state index contributed by atoms with van der Waals surface area (Å²) in [6.07, 6.45) is 0. The molecule has 0 amide bonds. The molecule has 0 saturated carbocycles. The van der Waals surface area contributed by atoms with Gasteiger partial charge in [-0.15, -0.1) is 0 Å². The van der Waals surface area contributed by atoms with Gasteiger partial charge in [0.25, 0.3) is 0 Å². The van der Waals surface area contributed by atoms with E-state index in [4.69, 9.17) is 0 Å². The molecule has 0 unspecified atom stereocenters. The van der Waals surface area contributed by atoms with E-state index in [1.807, 2.05) is 0 Å². The first-order valence-electron chi connectivity index (χ1n) is 7.65. The van der Waals surface area contributed by atoms with Crippen LogP contribution in [0.15, 0.2) is 91.0 Å². The van der Waals surface area contributed by atoms with Crippen LogP contribution in [-0.2, 0) is 0 Å². The third-order valence-corrected chi connectivity index (χ3v) is 14.6. The molecule has 0 heterocycles. The van der Waals surface area contributed by atoms with E-state index in [1.54, 1.807) is 0 Å². The van der Waals surface area contributed by atoms with Crippen LogP contribution in [0.5, 0.6) is 0 Å². The van der Waals surface area contributed by atoms with Crippen molar-refractivity contribution < 1.29 is 5.11 Å².